The number of ether oxygens (including phenoxy) is 2. The molecule has 1 N–H and O–H groups in total. The van der Waals surface area contributed by atoms with Crippen molar-refractivity contribution in [1.29, 1.82) is 0 Å². The van der Waals surface area contributed by atoms with Gasteiger partial charge in [-0.2, -0.15) is 5.10 Å². The van der Waals surface area contributed by atoms with Crippen molar-refractivity contribution in [2.45, 2.75) is 33.4 Å². The summed E-state index contributed by atoms with van der Waals surface area (Å²) in [4.78, 5) is 38.4. The SMILES string of the molecule is CCOC(=O)N1CCc2nn(CC(=O)Nc3cc(C)c(Cl)cc3OC)c(=O)cc2C1. The topological polar surface area (TPSA) is 103 Å². The van der Waals surface area contributed by atoms with Crippen LogP contribution in [-0.2, 0) is 29.0 Å². The fraction of sp³-hybridized carbons (Fsp3) is 0.400. The summed E-state index contributed by atoms with van der Waals surface area (Å²) in [6.45, 7) is 4.28. The second-order valence-electron chi connectivity index (χ2n) is 6.83. The smallest absolute Gasteiger partial charge is 0.410 e. The Kier molecular flexibility index (Phi) is 6.61. The Balaban J connectivity index is 1.74. The molecule has 0 unspecified atom stereocenters. The van der Waals surface area contributed by atoms with Gasteiger partial charge in [-0.25, -0.2) is 9.48 Å². The lowest BCUT2D eigenvalue weighted by Gasteiger charge is -2.27. The number of halogens is 1. The molecule has 30 heavy (non-hydrogen) atoms. The number of hydrogen-bond donors (Lipinski definition) is 1. The maximum Gasteiger partial charge on any atom is 0.410 e. The van der Waals surface area contributed by atoms with Gasteiger partial charge in [-0.15, -0.1) is 0 Å². The zero-order chi connectivity index (χ0) is 21.8. The first-order valence-corrected chi connectivity index (χ1v) is 9.85. The van der Waals surface area contributed by atoms with E-state index in [0.717, 1.165) is 10.2 Å². The Morgan fingerprint density at radius 1 is 1.30 bits per heavy atom. The Bertz CT molecular complexity index is 1040. The van der Waals surface area contributed by atoms with Gasteiger partial charge in [0.25, 0.3) is 5.56 Å². The van der Waals surface area contributed by atoms with Crippen molar-refractivity contribution in [2.75, 3.05) is 25.6 Å². The van der Waals surface area contributed by atoms with Crippen LogP contribution >= 0.6 is 11.6 Å². The highest BCUT2D eigenvalue weighted by Gasteiger charge is 2.24. The first-order chi connectivity index (χ1) is 14.3. The summed E-state index contributed by atoms with van der Waals surface area (Å²) in [6.07, 6.45) is 0.0548. The minimum absolute atomic E-state index is 0.251. The molecule has 0 bridgehead atoms. The molecular weight excluding hydrogens is 412 g/mol. The number of rotatable bonds is 5. The molecule has 1 aromatic heterocycles. The molecule has 0 saturated heterocycles. The van der Waals surface area contributed by atoms with Gasteiger partial charge in [-0.05, 0) is 25.5 Å². The average Bonchev–Trinajstić information content (AvgIpc) is 2.71. The highest BCUT2D eigenvalue weighted by Crippen LogP contribution is 2.30. The molecule has 160 valence electrons. The summed E-state index contributed by atoms with van der Waals surface area (Å²) in [6, 6.07) is 4.73. The predicted molar refractivity (Wildman–Crippen MR) is 111 cm³/mol. The van der Waals surface area contributed by atoms with E-state index in [1.807, 2.05) is 6.92 Å². The normalized spacial score (nSPS) is 12.9. The number of aromatic nitrogens is 2. The lowest BCUT2D eigenvalue weighted by atomic mass is 10.1. The van der Waals surface area contributed by atoms with Gasteiger partial charge in [0.05, 0.1) is 31.6 Å². The van der Waals surface area contributed by atoms with Crippen LogP contribution in [0.25, 0.3) is 0 Å². The van der Waals surface area contributed by atoms with Crippen LogP contribution in [0, 0.1) is 6.92 Å². The van der Waals surface area contributed by atoms with Crippen LogP contribution < -0.4 is 15.6 Å². The fourth-order valence-corrected chi connectivity index (χ4v) is 3.33. The molecule has 0 saturated carbocycles. The number of fused-ring (bicyclic) bond motifs is 1. The number of nitrogens with one attached hydrogen (secondary N) is 1. The van der Waals surface area contributed by atoms with Crippen LogP contribution in [-0.4, -0.2) is 46.9 Å². The molecule has 0 radical (unpaired) electrons. The number of carbonyl (C=O) groups excluding carboxylic acids is 2. The number of carbonyl (C=O) groups is 2. The van der Waals surface area contributed by atoms with Crippen molar-refractivity contribution in [3.8, 4) is 5.75 Å². The molecule has 0 aliphatic carbocycles. The lowest BCUT2D eigenvalue weighted by molar-refractivity contribution is -0.117. The zero-order valence-corrected chi connectivity index (χ0v) is 17.8. The number of hydrogen-bond acceptors (Lipinski definition) is 6. The second kappa shape index (κ2) is 9.17. The molecule has 0 atom stereocenters. The summed E-state index contributed by atoms with van der Waals surface area (Å²) >= 11 is 6.09. The molecule has 2 heterocycles. The molecular formula is C20H23ClN4O5. The molecule has 1 aliphatic heterocycles. The van der Waals surface area contributed by atoms with E-state index in [-0.39, 0.29) is 19.7 Å². The third-order valence-electron chi connectivity index (χ3n) is 4.72. The maximum atomic E-state index is 12.5. The van der Waals surface area contributed by atoms with E-state index < -0.39 is 17.6 Å². The second-order valence-corrected chi connectivity index (χ2v) is 7.24. The van der Waals surface area contributed by atoms with Crippen molar-refractivity contribution in [3.63, 3.8) is 0 Å². The van der Waals surface area contributed by atoms with Crippen molar-refractivity contribution in [3.05, 3.63) is 50.4 Å². The van der Waals surface area contributed by atoms with Crippen molar-refractivity contribution in [1.82, 2.24) is 14.7 Å². The first-order valence-electron chi connectivity index (χ1n) is 9.48. The van der Waals surface area contributed by atoms with Crippen LogP contribution in [0.15, 0.2) is 23.0 Å². The van der Waals surface area contributed by atoms with Crippen LogP contribution in [0.2, 0.25) is 5.02 Å². The third-order valence-corrected chi connectivity index (χ3v) is 5.13. The van der Waals surface area contributed by atoms with Crippen molar-refractivity contribution >= 4 is 29.3 Å². The summed E-state index contributed by atoms with van der Waals surface area (Å²) in [7, 11) is 1.48. The number of amides is 2. The zero-order valence-electron chi connectivity index (χ0n) is 17.0. The quantitative estimate of drug-likeness (QED) is 0.775. The molecule has 2 aromatic rings. The Hall–Kier alpha value is -3.07. The largest absolute Gasteiger partial charge is 0.495 e. The molecule has 9 nitrogen and oxygen atoms in total. The Morgan fingerprint density at radius 3 is 2.77 bits per heavy atom. The lowest BCUT2D eigenvalue weighted by Crippen LogP contribution is -2.39. The van der Waals surface area contributed by atoms with E-state index >= 15 is 0 Å². The summed E-state index contributed by atoms with van der Waals surface area (Å²) in [5, 5.41) is 7.57. The Morgan fingerprint density at radius 2 is 2.07 bits per heavy atom. The average molecular weight is 435 g/mol. The van der Waals surface area contributed by atoms with Gasteiger partial charge in [0.2, 0.25) is 5.91 Å². The minimum atomic E-state index is -0.423. The number of aryl methyl sites for hydroxylation is 1. The van der Waals surface area contributed by atoms with E-state index in [1.54, 1.807) is 19.1 Å². The molecule has 3 rings (SSSR count). The standard InChI is InChI=1S/C20H23ClN4O5/c1-4-30-20(28)24-6-5-15-13(10-24)8-19(27)25(23-15)11-18(26)22-16-7-12(2)14(21)9-17(16)29-3/h7-9H,4-6,10-11H2,1-3H3,(H,22,26). The summed E-state index contributed by atoms with van der Waals surface area (Å²) in [5.74, 6) is -0.00251. The van der Waals surface area contributed by atoms with Crippen molar-refractivity contribution in [2.24, 2.45) is 0 Å². The van der Waals surface area contributed by atoms with E-state index in [0.29, 0.717) is 40.7 Å². The number of anilines is 1. The molecule has 10 heteroatoms. The number of methoxy groups -OCH3 is 1. The number of nitrogens with zero attached hydrogens (tertiary/aromatic N) is 3. The number of benzene rings is 1. The van der Waals surface area contributed by atoms with Gasteiger partial charge in [-0.3, -0.25) is 9.59 Å². The molecule has 1 aliphatic rings. The highest BCUT2D eigenvalue weighted by molar-refractivity contribution is 6.31. The molecule has 0 spiro atoms. The maximum absolute atomic E-state index is 12.5. The van der Waals surface area contributed by atoms with Gasteiger partial charge in [-0.1, -0.05) is 11.6 Å². The molecule has 0 fully saturated rings. The van der Waals surface area contributed by atoms with Gasteiger partial charge < -0.3 is 19.7 Å². The molecule has 1 aromatic carbocycles. The van der Waals surface area contributed by atoms with Crippen LogP contribution in [0.3, 0.4) is 0 Å². The van der Waals surface area contributed by atoms with Crippen LogP contribution in [0.1, 0.15) is 23.7 Å². The van der Waals surface area contributed by atoms with E-state index in [9.17, 15) is 14.4 Å². The summed E-state index contributed by atoms with van der Waals surface area (Å²) < 4.78 is 11.4. The van der Waals surface area contributed by atoms with E-state index in [2.05, 4.69) is 10.4 Å². The van der Waals surface area contributed by atoms with E-state index in [1.165, 1.54) is 18.1 Å². The van der Waals surface area contributed by atoms with Crippen molar-refractivity contribution < 1.29 is 19.1 Å². The minimum Gasteiger partial charge on any atom is -0.495 e. The first kappa shape index (κ1) is 21.6. The highest BCUT2D eigenvalue weighted by atomic mass is 35.5. The van der Waals surface area contributed by atoms with E-state index in [4.69, 9.17) is 21.1 Å². The Labute approximate surface area is 178 Å². The monoisotopic (exact) mass is 434 g/mol. The van der Waals surface area contributed by atoms with Gasteiger partial charge in [0.1, 0.15) is 12.3 Å². The van der Waals surface area contributed by atoms with Crippen LogP contribution in [0.4, 0.5) is 10.5 Å². The fourth-order valence-electron chi connectivity index (χ4n) is 3.18. The van der Waals surface area contributed by atoms with Gasteiger partial charge in [0, 0.05) is 35.7 Å². The summed E-state index contributed by atoms with van der Waals surface area (Å²) in [5.41, 5.74) is 2.16. The van der Waals surface area contributed by atoms with Gasteiger partial charge in [0.15, 0.2) is 0 Å². The molecule has 2 amide bonds. The predicted octanol–water partition coefficient (Wildman–Crippen LogP) is 2.37. The third kappa shape index (κ3) is 4.73. The van der Waals surface area contributed by atoms with Crippen LogP contribution in [0.5, 0.6) is 5.75 Å². The van der Waals surface area contributed by atoms with Gasteiger partial charge >= 0.3 is 6.09 Å².